The molecule has 0 spiro atoms. The normalized spacial score (nSPS) is 18.1. The Balaban J connectivity index is 0.00000288. The van der Waals surface area contributed by atoms with Gasteiger partial charge >= 0.3 is 6.18 Å². The molecule has 1 aromatic carbocycles. The van der Waals surface area contributed by atoms with Crippen molar-refractivity contribution in [1.29, 1.82) is 0 Å². The number of benzene rings is 1. The molecule has 138 valence electrons. The number of halogens is 7. The topological polar surface area (TPSA) is 35.5 Å². The number of hydrogen-bond donors (Lipinski definition) is 2. The predicted molar refractivity (Wildman–Crippen MR) is 82.9 cm³/mol. The summed E-state index contributed by atoms with van der Waals surface area (Å²) in [7, 11) is 0. The largest absolute Gasteiger partial charge is 0.417 e. The fourth-order valence-corrected chi connectivity index (χ4v) is 2.98. The molecule has 0 radical (unpaired) electrons. The molecule has 1 fully saturated rings. The zero-order valence-electron chi connectivity index (χ0n) is 12.4. The zero-order valence-corrected chi connectivity index (χ0v) is 14.0. The fourth-order valence-electron chi connectivity index (χ4n) is 2.68. The number of hydrogen-bond acceptors (Lipinski definition) is 3. The second-order valence-corrected chi connectivity index (χ2v) is 5.75. The first-order valence-corrected chi connectivity index (χ1v) is 7.34. The van der Waals surface area contributed by atoms with E-state index in [4.69, 9.17) is 16.7 Å². The van der Waals surface area contributed by atoms with E-state index in [9.17, 15) is 22.0 Å². The fraction of sp³-hybridized carbons (Fsp3) is 0.571. The van der Waals surface area contributed by atoms with Crippen LogP contribution in [0.25, 0.3) is 0 Å². The molecule has 1 atom stereocenters. The maximum absolute atomic E-state index is 14.2. The van der Waals surface area contributed by atoms with Crippen molar-refractivity contribution in [3.63, 3.8) is 0 Å². The molecule has 0 unspecified atom stereocenters. The van der Waals surface area contributed by atoms with Gasteiger partial charge in [0.2, 0.25) is 0 Å². The molecule has 0 aromatic heterocycles. The summed E-state index contributed by atoms with van der Waals surface area (Å²) in [5, 5.41) is 11.4. The number of aliphatic hydroxyl groups excluding tert-OH is 1. The van der Waals surface area contributed by atoms with Gasteiger partial charge in [-0.25, -0.2) is 8.78 Å². The maximum Gasteiger partial charge on any atom is 0.417 e. The summed E-state index contributed by atoms with van der Waals surface area (Å²) < 4.78 is 66.6. The summed E-state index contributed by atoms with van der Waals surface area (Å²) in [6.07, 6.45) is -4.65. The van der Waals surface area contributed by atoms with Crippen molar-refractivity contribution in [2.75, 3.05) is 32.8 Å². The molecule has 24 heavy (non-hydrogen) atoms. The Bertz CT molecular complexity index is 550. The average molecular weight is 395 g/mol. The smallest absolute Gasteiger partial charge is 0.390 e. The molecule has 0 saturated carbocycles. The summed E-state index contributed by atoms with van der Waals surface area (Å²) in [4.78, 5) is 1.44. The van der Waals surface area contributed by atoms with Crippen LogP contribution in [0.5, 0.6) is 0 Å². The molecule has 0 bridgehead atoms. The van der Waals surface area contributed by atoms with Gasteiger partial charge in [-0.3, -0.25) is 4.90 Å². The van der Waals surface area contributed by atoms with Crippen LogP contribution in [0.4, 0.5) is 22.0 Å². The van der Waals surface area contributed by atoms with Gasteiger partial charge in [0, 0.05) is 26.2 Å². The van der Waals surface area contributed by atoms with E-state index >= 15 is 0 Å². The van der Waals surface area contributed by atoms with Gasteiger partial charge in [-0.15, -0.1) is 12.4 Å². The van der Waals surface area contributed by atoms with Gasteiger partial charge in [0.1, 0.15) is 12.6 Å². The molecule has 1 aromatic rings. The minimum absolute atomic E-state index is 0. The first-order chi connectivity index (χ1) is 10.7. The first kappa shape index (κ1) is 21.4. The van der Waals surface area contributed by atoms with E-state index in [1.54, 1.807) is 0 Å². The summed E-state index contributed by atoms with van der Waals surface area (Å²) in [5.41, 5.74) is -1.13. The van der Waals surface area contributed by atoms with Crippen LogP contribution in [0.3, 0.4) is 0 Å². The summed E-state index contributed by atoms with van der Waals surface area (Å²) in [6.45, 7) is 0.136. The van der Waals surface area contributed by atoms with Crippen molar-refractivity contribution in [3.05, 3.63) is 34.3 Å². The Labute approximate surface area is 147 Å². The van der Waals surface area contributed by atoms with E-state index in [2.05, 4.69) is 5.32 Å². The third kappa shape index (κ3) is 4.70. The Kier molecular flexibility index (Phi) is 7.25. The lowest BCUT2D eigenvalue weighted by Crippen LogP contribution is -2.51. The molecular formula is C14H17Cl2F5N2O. The van der Waals surface area contributed by atoms with Crippen LogP contribution < -0.4 is 5.32 Å². The minimum Gasteiger partial charge on any atom is -0.390 e. The molecule has 2 rings (SSSR count). The standard InChI is InChI=1S/C14H16ClF5N2O.ClH/c15-11-7-9(1-2-10(11)14(18,19)20)12(13(16,17)8-23)22-5-3-21-4-6-22;/h1-2,7,12,21,23H,3-6,8H2;1H/t12-;/m1./s1. The van der Waals surface area contributed by atoms with Gasteiger partial charge in [-0.2, -0.15) is 13.2 Å². The lowest BCUT2D eigenvalue weighted by atomic mass is 9.97. The SMILES string of the molecule is Cl.OCC(F)(F)[C@@H](c1ccc(C(F)(F)F)c(Cl)c1)N1CCNCC1. The Morgan fingerprint density at radius 3 is 2.21 bits per heavy atom. The number of nitrogens with one attached hydrogen (secondary N) is 1. The van der Waals surface area contributed by atoms with Crippen LogP contribution in [-0.2, 0) is 6.18 Å². The van der Waals surface area contributed by atoms with Gasteiger partial charge in [-0.05, 0) is 17.7 Å². The van der Waals surface area contributed by atoms with E-state index in [1.165, 1.54) is 4.90 Å². The Morgan fingerprint density at radius 2 is 1.75 bits per heavy atom. The van der Waals surface area contributed by atoms with Crippen molar-refractivity contribution in [3.8, 4) is 0 Å². The number of alkyl halides is 5. The minimum atomic E-state index is -4.65. The van der Waals surface area contributed by atoms with Crippen molar-refractivity contribution in [2.24, 2.45) is 0 Å². The molecule has 3 nitrogen and oxygen atoms in total. The van der Waals surface area contributed by atoms with Crippen LogP contribution in [0, 0.1) is 0 Å². The van der Waals surface area contributed by atoms with E-state index in [1.807, 2.05) is 0 Å². The Hall–Kier alpha value is -0.670. The Morgan fingerprint density at radius 1 is 1.17 bits per heavy atom. The number of piperazine rings is 1. The zero-order chi connectivity index (χ0) is 17.3. The number of aliphatic hydroxyl groups is 1. The number of rotatable bonds is 4. The van der Waals surface area contributed by atoms with Gasteiger partial charge in [0.05, 0.1) is 10.6 Å². The number of nitrogens with zero attached hydrogens (tertiary/aromatic N) is 1. The molecule has 1 aliphatic heterocycles. The van der Waals surface area contributed by atoms with E-state index in [0.29, 0.717) is 32.2 Å². The molecule has 10 heteroatoms. The van der Waals surface area contributed by atoms with Gasteiger partial charge in [-0.1, -0.05) is 17.7 Å². The highest BCUT2D eigenvalue weighted by molar-refractivity contribution is 6.31. The van der Waals surface area contributed by atoms with Crippen LogP contribution in [0.15, 0.2) is 18.2 Å². The third-order valence-corrected chi connectivity index (χ3v) is 4.05. The van der Waals surface area contributed by atoms with Gasteiger partial charge in [0.25, 0.3) is 5.92 Å². The van der Waals surface area contributed by atoms with Gasteiger partial charge in [0.15, 0.2) is 0 Å². The van der Waals surface area contributed by atoms with Crippen LogP contribution >= 0.6 is 24.0 Å². The van der Waals surface area contributed by atoms with Crippen molar-refractivity contribution < 1.29 is 27.1 Å². The average Bonchev–Trinajstić information content (AvgIpc) is 2.47. The molecule has 1 heterocycles. The van der Waals surface area contributed by atoms with Gasteiger partial charge < -0.3 is 10.4 Å². The van der Waals surface area contributed by atoms with Crippen molar-refractivity contribution in [2.45, 2.75) is 18.1 Å². The monoisotopic (exact) mass is 394 g/mol. The molecular weight excluding hydrogens is 378 g/mol. The van der Waals surface area contributed by atoms with E-state index in [0.717, 1.165) is 12.1 Å². The maximum atomic E-state index is 14.2. The summed E-state index contributed by atoms with van der Waals surface area (Å²) in [6, 6.07) is 1.06. The van der Waals surface area contributed by atoms with E-state index in [-0.39, 0.29) is 18.0 Å². The molecule has 0 amide bonds. The first-order valence-electron chi connectivity index (χ1n) is 6.97. The summed E-state index contributed by atoms with van der Waals surface area (Å²) in [5.74, 6) is -3.50. The molecule has 0 aliphatic carbocycles. The van der Waals surface area contributed by atoms with Crippen LogP contribution in [0.1, 0.15) is 17.2 Å². The van der Waals surface area contributed by atoms with Crippen molar-refractivity contribution >= 4 is 24.0 Å². The highest BCUT2D eigenvalue weighted by atomic mass is 35.5. The predicted octanol–water partition coefficient (Wildman–Crippen LogP) is 3.35. The second-order valence-electron chi connectivity index (χ2n) is 5.34. The van der Waals surface area contributed by atoms with Crippen LogP contribution in [-0.4, -0.2) is 48.7 Å². The van der Waals surface area contributed by atoms with Crippen LogP contribution in [0.2, 0.25) is 5.02 Å². The highest BCUT2D eigenvalue weighted by Gasteiger charge is 2.44. The summed E-state index contributed by atoms with van der Waals surface area (Å²) >= 11 is 5.63. The van der Waals surface area contributed by atoms with E-state index < -0.39 is 35.3 Å². The second kappa shape index (κ2) is 8.14. The quantitative estimate of drug-likeness (QED) is 0.768. The third-order valence-electron chi connectivity index (χ3n) is 3.74. The van der Waals surface area contributed by atoms with Crippen molar-refractivity contribution in [1.82, 2.24) is 10.2 Å². The lowest BCUT2D eigenvalue weighted by Gasteiger charge is -2.38. The molecule has 1 aliphatic rings. The molecule has 1 saturated heterocycles. The highest BCUT2D eigenvalue weighted by Crippen LogP contribution is 2.40. The lowest BCUT2D eigenvalue weighted by molar-refractivity contribution is -0.137. The molecule has 2 N–H and O–H groups in total.